The number of rotatable bonds is 4. The molecule has 0 N–H and O–H groups in total. The highest BCUT2D eigenvalue weighted by atomic mass is 35.5. The van der Waals surface area contributed by atoms with E-state index in [0.29, 0.717) is 28.7 Å². The average molecular weight is 393 g/mol. The van der Waals surface area contributed by atoms with Gasteiger partial charge in [-0.2, -0.15) is 4.31 Å². The molecule has 0 saturated carbocycles. The van der Waals surface area contributed by atoms with Gasteiger partial charge in [-0.05, 0) is 31.0 Å². The van der Waals surface area contributed by atoms with Crippen molar-refractivity contribution in [3.05, 3.63) is 39.3 Å². The van der Waals surface area contributed by atoms with Crippen LogP contribution in [0.5, 0.6) is 5.19 Å². The molecule has 0 radical (unpaired) electrons. The average Bonchev–Trinajstić information content (AvgIpc) is 3.15. The van der Waals surface area contributed by atoms with Crippen LogP contribution < -0.4 is 4.74 Å². The molecule has 1 aromatic carbocycles. The summed E-state index contributed by atoms with van der Waals surface area (Å²) in [5.74, 6) is 0. The predicted molar refractivity (Wildman–Crippen MR) is 91.1 cm³/mol. The van der Waals surface area contributed by atoms with Gasteiger partial charge in [0.2, 0.25) is 10.0 Å². The first-order valence-corrected chi connectivity index (χ1v) is 9.97. The van der Waals surface area contributed by atoms with Crippen molar-refractivity contribution in [2.24, 2.45) is 0 Å². The minimum absolute atomic E-state index is 0.0796. The molecule has 1 fully saturated rings. The largest absolute Gasteiger partial charge is 0.465 e. The first kappa shape index (κ1) is 17.0. The van der Waals surface area contributed by atoms with Crippen LogP contribution in [0.4, 0.5) is 0 Å². The minimum atomic E-state index is -3.67. The number of ether oxygens (including phenoxy) is 1. The van der Waals surface area contributed by atoms with Crippen LogP contribution in [0.15, 0.2) is 28.6 Å². The first-order chi connectivity index (χ1) is 10.9. The zero-order chi connectivity index (χ0) is 16.6. The van der Waals surface area contributed by atoms with Gasteiger partial charge in [-0.15, -0.1) is 0 Å². The second-order valence-corrected chi connectivity index (χ2v) is 8.80. The first-order valence-electron chi connectivity index (χ1n) is 6.90. The van der Waals surface area contributed by atoms with E-state index in [9.17, 15) is 8.42 Å². The number of sulfonamides is 1. The molecule has 9 heteroatoms. The van der Waals surface area contributed by atoms with E-state index in [-0.39, 0.29) is 22.6 Å². The van der Waals surface area contributed by atoms with Crippen molar-refractivity contribution in [1.82, 2.24) is 9.29 Å². The highest BCUT2D eigenvalue weighted by Gasteiger charge is 2.35. The summed E-state index contributed by atoms with van der Waals surface area (Å²) < 4.78 is 32.7. The fourth-order valence-corrected chi connectivity index (χ4v) is 5.24. The van der Waals surface area contributed by atoms with Gasteiger partial charge >= 0.3 is 0 Å². The molecule has 1 aliphatic heterocycles. The molecule has 1 aromatic heterocycles. The Balaban J connectivity index is 1.80. The Labute approximate surface area is 148 Å². The van der Waals surface area contributed by atoms with Crippen LogP contribution in [-0.4, -0.2) is 36.9 Å². The molecule has 3 rings (SSSR count). The number of nitrogens with zero attached hydrogens (tertiary/aromatic N) is 2. The highest BCUT2D eigenvalue weighted by Crippen LogP contribution is 2.32. The molecule has 2 aromatic rings. The molecule has 0 amide bonds. The standard InChI is InChI=1S/C14H14Cl2N2O3S2/c1-9-6-13(12(16)7-11(9)15)23(19,20)18-4-2-10(8-18)21-14-17-3-5-22-14/h3,5-7,10H,2,4,8H2,1H3. The van der Waals surface area contributed by atoms with Gasteiger partial charge < -0.3 is 4.74 Å². The lowest BCUT2D eigenvalue weighted by atomic mass is 10.2. The maximum Gasteiger partial charge on any atom is 0.273 e. The van der Waals surface area contributed by atoms with Crippen molar-refractivity contribution in [3.63, 3.8) is 0 Å². The van der Waals surface area contributed by atoms with Crippen LogP contribution in [0.2, 0.25) is 10.0 Å². The molecule has 0 spiro atoms. The molecule has 0 bridgehead atoms. The van der Waals surface area contributed by atoms with E-state index in [4.69, 9.17) is 27.9 Å². The molecule has 5 nitrogen and oxygen atoms in total. The second-order valence-electron chi connectivity index (χ2n) is 5.22. The number of aromatic nitrogens is 1. The van der Waals surface area contributed by atoms with Crippen molar-refractivity contribution in [3.8, 4) is 5.19 Å². The number of hydrogen-bond acceptors (Lipinski definition) is 5. The van der Waals surface area contributed by atoms with E-state index in [1.54, 1.807) is 13.1 Å². The molecule has 1 atom stereocenters. The second kappa shape index (κ2) is 6.57. The van der Waals surface area contributed by atoms with Crippen LogP contribution in [-0.2, 0) is 10.0 Å². The monoisotopic (exact) mass is 392 g/mol. The number of benzene rings is 1. The third kappa shape index (κ3) is 3.49. The Hall–Kier alpha value is -0.860. The summed E-state index contributed by atoms with van der Waals surface area (Å²) in [5, 5.41) is 2.94. The highest BCUT2D eigenvalue weighted by molar-refractivity contribution is 7.89. The van der Waals surface area contributed by atoms with Crippen molar-refractivity contribution < 1.29 is 13.2 Å². The Morgan fingerprint density at radius 3 is 2.83 bits per heavy atom. The lowest BCUT2D eigenvalue weighted by Crippen LogP contribution is -2.31. The smallest absolute Gasteiger partial charge is 0.273 e. The predicted octanol–water partition coefficient (Wildman–Crippen LogP) is 3.60. The van der Waals surface area contributed by atoms with E-state index < -0.39 is 10.0 Å². The third-order valence-electron chi connectivity index (χ3n) is 3.62. The molecule has 2 heterocycles. The normalized spacial score (nSPS) is 19.2. The van der Waals surface area contributed by atoms with Gasteiger partial charge in [-0.3, -0.25) is 0 Å². The molecule has 23 heavy (non-hydrogen) atoms. The number of hydrogen-bond donors (Lipinski definition) is 0. The van der Waals surface area contributed by atoms with Gasteiger partial charge in [-0.25, -0.2) is 13.4 Å². The maximum absolute atomic E-state index is 12.8. The molecular formula is C14H14Cl2N2O3S2. The van der Waals surface area contributed by atoms with Gasteiger partial charge in [-0.1, -0.05) is 34.5 Å². The van der Waals surface area contributed by atoms with Crippen molar-refractivity contribution in [1.29, 1.82) is 0 Å². The topological polar surface area (TPSA) is 59.5 Å². The van der Waals surface area contributed by atoms with Gasteiger partial charge in [0.1, 0.15) is 11.0 Å². The molecule has 0 aliphatic carbocycles. The molecule has 124 valence electrons. The van der Waals surface area contributed by atoms with Crippen molar-refractivity contribution in [2.75, 3.05) is 13.1 Å². The number of halogens is 2. The Morgan fingerprint density at radius 1 is 1.35 bits per heavy atom. The van der Waals surface area contributed by atoms with Gasteiger partial charge in [0.15, 0.2) is 0 Å². The van der Waals surface area contributed by atoms with Gasteiger partial charge in [0.25, 0.3) is 5.19 Å². The lowest BCUT2D eigenvalue weighted by molar-refractivity contribution is 0.214. The van der Waals surface area contributed by atoms with Crippen LogP contribution >= 0.6 is 34.5 Å². The fraction of sp³-hybridized carbons (Fsp3) is 0.357. The quantitative estimate of drug-likeness (QED) is 0.797. The Bertz CT molecular complexity index is 810. The van der Waals surface area contributed by atoms with E-state index in [0.717, 1.165) is 0 Å². The zero-order valence-electron chi connectivity index (χ0n) is 12.2. The summed E-state index contributed by atoms with van der Waals surface area (Å²) in [6, 6.07) is 2.97. The van der Waals surface area contributed by atoms with Crippen LogP contribution in [0, 0.1) is 6.92 Å². The summed E-state index contributed by atoms with van der Waals surface area (Å²) in [5.41, 5.74) is 0.671. The number of aryl methyl sites for hydroxylation is 1. The van der Waals surface area contributed by atoms with Crippen molar-refractivity contribution >= 4 is 44.6 Å². The van der Waals surface area contributed by atoms with E-state index in [1.165, 1.54) is 27.8 Å². The van der Waals surface area contributed by atoms with Crippen LogP contribution in [0.3, 0.4) is 0 Å². The van der Waals surface area contributed by atoms with Gasteiger partial charge in [0, 0.05) is 23.1 Å². The van der Waals surface area contributed by atoms with Gasteiger partial charge in [0.05, 0.1) is 11.6 Å². The summed E-state index contributed by atoms with van der Waals surface area (Å²) >= 11 is 13.4. The summed E-state index contributed by atoms with van der Waals surface area (Å²) in [4.78, 5) is 4.13. The molecule has 1 aliphatic rings. The maximum atomic E-state index is 12.8. The summed E-state index contributed by atoms with van der Waals surface area (Å²) in [7, 11) is -3.67. The Kier molecular flexibility index (Phi) is 4.85. The van der Waals surface area contributed by atoms with E-state index >= 15 is 0 Å². The third-order valence-corrected chi connectivity index (χ3v) is 7.01. The Morgan fingerprint density at radius 2 is 2.13 bits per heavy atom. The van der Waals surface area contributed by atoms with E-state index in [2.05, 4.69) is 4.98 Å². The molecular weight excluding hydrogens is 379 g/mol. The van der Waals surface area contributed by atoms with Crippen LogP contribution in [0.1, 0.15) is 12.0 Å². The fourth-order valence-electron chi connectivity index (χ4n) is 2.39. The SMILES string of the molecule is Cc1cc(S(=O)(=O)N2CCC(Oc3nccs3)C2)c(Cl)cc1Cl. The summed E-state index contributed by atoms with van der Waals surface area (Å²) in [6.07, 6.45) is 2.06. The van der Waals surface area contributed by atoms with E-state index in [1.807, 2.05) is 5.38 Å². The number of thiazole rings is 1. The van der Waals surface area contributed by atoms with Crippen LogP contribution in [0.25, 0.3) is 0 Å². The van der Waals surface area contributed by atoms with Crippen molar-refractivity contribution in [2.45, 2.75) is 24.3 Å². The molecule has 1 unspecified atom stereocenters. The summed E-state index contributed by atoms with van der Waals surface area (Å²) in [6.45, 7) is 2.41. The molecule has 1 saturated heterocycles. The minimum Gasteiger partial charge on any atom is -0.465 e. The zero-order valence-corrected chi connectivity index (χ0v) is 15.3. The lowest BCUT2D eigenvalue weighted by Gasteiger charge is -2.18.